The first-order valence-electron chi connectivity index (χ1n) is 5.04. The third kappa shape index (κ3) is 2.86. The van der Waals surface area contributed by atoms with Crippen LogP contribution in [0.25, 0.3) is 0 Å². The lowest BCUT2D eigenvalue weighted by Crippen LogP contribution is -2.11. The molecule has 0 aliphatic heterocycles. The highest BCUT2D eigenvalue weighted by Gasteiger charge is 2.15. The van der Waals surface area contributed by atoms with Crippen LogP contribution in [0, 0.1) is 5.92 Å². The van der Waals surface area contributed by atoms with Gasteiger partial charge in [0.2, 0.25) is 0 Å². The molecule has 0 aromatic heterocycles. The van der Waals surface area contributed by atoms with Crippen LogP contribution in [0.15, 0.2) is 18.2 Å². The highest BCUT2D eigenvalue weighted by Crippen LogP contribution is 2.31. The molecule has 84 valence electrons. The first-order chi connectivity index (χ1) is 7.10. The lowest BCUT2D eigenvalue weighted by molar-refractivity contribution is 0.237. The van der Waals surface area contributed by atoms with Gasteiger partial charge >= 0.3 is 0 Å². The van der Waals surface area contributed by atoms with Crippen LogP contribution in [0.4, 0.5) is 0 Å². The molecule has 0 spiro atoms. The van der Waals surface area contributed by atoms with Gasteiger partial charge in [-0.3, -0.25) is 0 Å². The second kappa shape index (κ2) is 5.38. The molecule has 0 bridgehead atoms. The summed E-state index contributed by atoms with van der Waals surface area (Å²) in [6.45, 7) is 4.30. The molecule has 0 heterocycles. The fourth-order valence-electron chi connectivity index (χ4n) is 1.61. The molecule has 0 aliphatic carbocycles. The molecule has 15 heavy (non-hydrogen) atoms. The Kier molecular flexibility index (Phi) is 4.43. The molecule has 1 atom stereocenters. The van der Waals surface area contributed by atoms with Gasteiger partial charge in [0.05, 0.1) is 18.7 Å². The zero-order valence-electron chi connectivity index (χ0n) is 9.33. The standard InChI is InChI=1S/C12H17ClO2/c1-8(2)10(7-14)9-4-5-12(15-3)11(13)6-9/h4-6,8,10,14H,7H2,1-3H3. The molecule has 1 aromatic carbocycles. The summed E-state index contributed by atoms with van der Waals surface area (Å²) in [5.41, 5.74) is 1.05. The molecule has 0 saturated carbocycles. The van der Waals surface area contributed by atoms with E-state index in [0.717, 1.165) is 5.56 Å². The van der Waals surface area contributed by atoms with Gasteiger partial charge in [0.15, 0.2) is 0 Å². The predicted molar refractivity (Wildman–Crippen MR) is 62.7 cm³/mol. The minimum atomic E-state index is 0.133. The van der Waals surface area contributed by atoms with Gasteiger partial charge in [0, 0.05) is 5.92 Å². The van der Waals surface area contributed by atoms with E-state index in [1.54, 1.807) is 7.11 Å². The summed E-state index contributed by atoms with van der Waals surface area (Å²) < 4.78 is 5.08. The number of halogens is 1. The minimum Gasteiger partial charge on any atom is -0.495 e. The molecular weight excluding hydrogens is 212 g/mol. The van der Waals surface area contributed by atoms with Crippen molar-refractivity contribution in [3.05, 3.63) is 28.8 Å². The van der Waals surface area contributed by atoms with E-state index in [0.29, 0.717) is 16.7 Å². The molecule has 1 aromatic rings. The van der Waals surface area contributed by atoms with Gasteiger partial charge in [-0.15, -0.1) is 0 Å². The van der Waals surface area contributed by atoms with Crippen LogP contribution in [-0.2, 0) is 0 Å². The maximum Gasteiger partial charge on any atom is 0.137 e. The van der Waals surface area contributed by atoms with Crippen molar-refractivity contribution in [2.75, 3.05) is 13.7 Å². The summed E-state index contributed by atoms with van der Waals surface area (Å²) in [5, 5.41) is 9.88. The number of benzene rings is 1. The molecular formula is C12H17ClO2. The van der Waals surface area contributed by atoms with Crippen molar-refractivity contribution in [2.24, 2.45) is 5.92 Å². The number of methoxy groups -OCH3 is 1. The van der Waals surface area contributed by atoms with Crippen LogP contribution in [-0.4, -0.2) is 18.8 Å². The highest BCUT2D eigenvalue weighted by atomic mass is 35.5. The van der Waals surface area contributed by atoms with Crippen LogP contribution in [0.2, 0.25) is 5.02 Å². The van der Waals surface area contributed by atoms with Crippen molar-refractivity contribution < 1.29 is 9.84 Å². The van der Waals surface area contributed by atoms with Gasteiger partial charge < -0.3 is 9.84 Å². The molecule has 1 rings (SSSR count). The van der Waals surface area contributed by atoms with E-state index in [9.17, 15) is 5.11 Å². The predicted octanol–water partition coefficient (Wildman–Crippen LogP) is 3.08. The average molecular weight is 229 g/mol. The van der Waals surface area contributed by atoms with Crippen LogP contribution < -0.4 is 4.74 Å². The second-order valence-corrected chi connectivity index (χ2v) is 4.33. The quantitative estimate of drug-likeness (QED) is 0.858. The molecule has 0 amide bonds. The number of aliphatic hydroxyl groups excluding tert-OH is 1. The Balaban J connectivity index is 3.00. The second-order valence-electron chi connectivity index (χ2n) is 3.93. The monoisotopic (exact) mass is 228 g/mol. The molecule has 0 saturated heterocycles. The van der Waals surface area contributed by atoms with Crippen molar-refractivity contribution in [3.63, 3.8) is 0 Å². The Morgan fingerprint density at radius 3 is 2.47 bits per heavy atom. The van der Waals surface area contributed by atoms with Crippen molar-refractivity contribution in [1.29, 1.82) is 0 Å². The largest absolute Gasteiger partial charge is 0.495 e. The Labute approximate surface area is 95.8 Å². The van der Waals surface area contributed by atoms with Crippen LogP contribution in [0.3, 0.4) is 0 Å². The Bertz CT molecular complexity index is 323. The van der Waals surface area contributed by atoms with Crippen LogP contribution >= 0.6 is 11.6 Å². The first-order valence-corrected chi connectivity index (χ1v) is 5.42. The van der Waals surface area contributed by atoms with E-state index in [1.807, 2.05) is 18.2 Å². The lowest BCUT2D eigenvalue weighted by atomic mass is 9.89. The van der Waals surface area contributed by atoms with E-state index in [2.05, 4.69) is 13.8 Å². The number of hydrogen-bond donors (Lipinski definition) is 1. The van der Waals surface area contributed by atoms with Gasteiger partial charge in [0.1, 0.15) is 5.75 Å². The molecule has 0 aliphatic rings. The summed E-state index contributed by atoms with van der Waals surface area (Å²) in [6, 6.07) is 5.65. The topological polar surface area (TPSA) is 29.5 Å². The summed E-state index contributed by atoms with van der Waals surface area (Å²) in [4.78, 5) is 0. The zero-order valence-corrected chi connectivity index (χ0v) is 10.1. The highest BCUT2D eigenvalue weighted by molar-refractivity contribution is 6.32. The number of ether oxygens (including phenoxy) is 1. The molecule has 1 N–H and O–H groups in total. The van der Waals surface area contributed by atoms with E-state index in [4.69, 9.17) is 16.3 Å². The molecule has 2 nitrogen and oxygen atoms in total. The zero-order chi connectivity index (χ0) is 11.4. The van der Waals surface area contributed by atoms with Gasteiger partial charge in [0.25, 0.3) is 0 Å². The van der Waals surface area contributed by atoms with E-state index in [-0.39, 0.29) is 12.5 Å². The van der Waals surface area contributed by atoms with Gasteiger partial charge in [-0.05, 0) is 23.6 Å². The third-order valence-corrected chi connectivity index (χ3v) is 2.90. The minimum absolute atomic E-state index is 0.133. The van der Waals surface area contributed by atoms with Crippen molar-refractivity contribution >= 4 is 11.6 Å². The van der Waals surface area contributed by atoms with E-state index in [1.165, 1.54) is 0 Å². The van der Waals surface area contributed by atoms with Crippen molar-refractivity contribution in [3.8, 4) is 5.75 Å². The molecule has 3 heteroatoms. The molecule has 1 unspecified atom stereocenters. The lowest BCUT2D eigenvalue weighted by Gasteiger charge is -2.19. The maximum absolute atomic E-state index is 9.29. The van der Waals surface area contributed by atoms with Crippen LogP contribution in [0.1, 0.15) is 25.3 Å². The first kappa shape index (κ1) is 12.3. The Morgan fingerprint density at radius 1 is 1.40 bits per heavy atom. The third-order valence-electron chi connectivity index (χ3n) is 2.61. The number of aliphatic hydroxyl groups is 1. The normalized spacial score (nSPS) is 12.9. The van der Waals surface area contributed by atoms with Crippen molar-refractivity contribution in [1.82, 2.24) is 0 Å². The van der Waals surface area contributed by atoms with E-state index < -0.39 is 0 Å². The number of hydrogen-bond acceptors (Lipinski definition) is 2. The Hall–Kier alpha value is -0.730. The fourth-order valence-corrected chi connectivity index (χ4v) is 1.88. The Morgan fingerprint density at radius 2 is 2.07 bits per heavy atom. The fraction of sp³-hybridized carbons (Fsp3) is 0.500. The molecule has 0 fully saturated rings. The van der Waals surface area contributed by atoms with Crippen LogP contribution in [0.5, 0.6) is 5.75 Å². The SMILES string of the molecule is COc1ccc(C(CO)C(C)C)cc1Cl. The summed E-state index contributed by atoms with van der Waals surface area (Å²) in [7, 11) is 1.59. The summed E-state index contributed by atoms with van der Waals surface area (Å²) in [5.74, 6) is 1.19. The van der Waals surface area contributed by atoms with Gasteiger partial charge in [-0.2, -0.15) is 0 Å². The average Bonchev–Trinajstić information content (AvgIpc) is 2.18. The van der Waals surface area contributed by atoms with Crippen molar-refractivity contribution in [2.45, 2.75) is 19.8 Å². The number of rotatable bonds is 4. The maximum atomic E-state index is 9.29. The van der Waals surface area contributed by atoms with Gasteiger partial charge in [-0.1, -0.05) is 31.5 Å². The summed E-state index contributed by atoms with van der Waals surface area (Å²) in [6.07, 6.45) is 0. The summed E-state index contributed by atoms with van der Waals surface area (Å²) >= 11 is 6.03. The smallest absolute Gasteiger partial charge is 0.137 e. The van der Waals surface area contributed by atoms with E-state index >= 15 is 0 Å². The molecule has 0 radical (unpaired) electrons. The van der Waals surface area contributed by atoms with Gasteiger partial charge in [-0.25, -0.2) is 0 Å².